The molecule has 1 heterocycles. The summed E-state index contributed by atoms with van der Waals surface area (Å²) >= 11 is 0. The number of nitrogens with zero attached hydrogens (tertiary/aromatic N) is 2. The molecule has 2 rings (SSSR count). The van der Waals surface area contributed by atoms with Gasteiger partial charge in [0.05, 0.1) is 12.7 Å². The second kappa shape index (κ2) is 5.25. The molecule has 1 saturated carbocycles. The smallest absolute Gasteiger partial charge is 0.251 e. The van der Waals surface area contributed by atoms with Crippen LogP contribution < -0.4 is 5.32 Å². The van der Waals surface area contributed by atoms with Gasteiger partial charge in [-0.05, 0) is 32.2 Å². The normalized spacial score (nSPS) is 37.2. The highest BCUT2D eigenvalue weighted by atomic mass is 16.5. The first-order valence-electron chi connectivity index (χ1n) is 6.61. The molecule has 1 amide bonds. The van der Waals surface area contributed by atoms with Crippen LogP contribution in [0, 0.1) is 17.2 Å². The third-order valence-electron chi connectivity index (χ3n) is 4.16. The van der Waals surface area contributed by atoms with Crippen molar-refractivity contribution in [1.29, 1.82) is 5.26 Å². The zero-order chi connectivity index (χ0) is 13.2. The number of amides is 1. The highest BCUT2D eigenvalue weighted by Crippen LogP contribution is 2.35. The Morgan fingerprint density at radius 1 is 1.61 bits per heavy atom. The topological polar surface area (TPSA) is 65.4 Å². The lowest BCUT2D eigenvalue weighted by molar-refractivity contribution is -0.139. The molecule has 1 aliphatic heterocycles. The van der Waals surface area contributed by atoms with E-state index in [0.717, 1.165) is 25.8 Å². The maximum atomic E-state index is 12.2. The van der Waals surface area contributed by atoms with Crippen molar-refractivity contribution >= 4 is 5.91 Å². The Kier molecular flexibility index (Phi) is 3.88. The van der Waals surface area contributed by atoms with Gasteiger partial charge in [-0.25, -0.2) is 0 Å². The van der Waals surface area contributed by atoms with E-state index >= 15 is 0 Å². The molecule has 2 aliphatic rings. The summed E-state index contributed by atoms with van der Waals surface area (Å²) < 4.78 is 5.48. The molecule has 0 aromatic carbocycles. The number of nitriles is 1. The summed E-state index contributed by atoms with van der Waals surface area (Å²) in [5.41, 5.74) is -0.684. The fourth-order valence-electron chi connectivity index (χ4n) is 2.80. The average molecular weight is 251 g/mol. The van der Waals surface area contributed by atoms with Crippen molar-refractivity contribution in [3.63, 3.8) is 0 Å². The number of rotatable bonds is 2. The Bertz CT molecular complexity index is 366. The van der Waals surface area contributed by atoms with Gasteiger partial charge in [0.15, 0.2) is 0 Å². The molecule has 0 spiro atoms. The van der Waals surface area contributed by atoms with Gasteiger partial charge >= 0.3 is 0 Å². The summed E-state index contributed by atoms with van der Waals surface area (Å²) in [4.78, 5) is 14.3. The van der Waals surface area contributed by atoms with Crippen LogP contribution >= 0.6 is 0 Å². The molecule has 0 aromatic rings. The van der Waals surface area contributed by atoms with Crippen molar-refractivity contribution in [3.8, 4) is 6.07 Å². The van der Waals surface area contributed by atoms with Crippen LogP contribution in [-0.2, 0) is 9.53 Å². The monoisotopic (exact) mass is 251 g/mol. The first-order valence-corrected chi connectivity index (χ1v) is 6.61. The molecule has 0 aromatic heterocycles. The quantitative estimate of drug-likeness (QED) is 0.777. The maximum Gasteiger partial charge on any atom is 0.251 e. The molecule has 1 N–H and O–H groups in total. The van der Waals surface area contributed by atoms with Crippen LogP contribution in [0.15, 0.2) is 0 Å². The summed E-state index contributed by atoms with van der Waals surface area (Å²) in [6.45, 7) is 4.05. The highest BCUT2D eigenvalue weighted by Gasteiger charge is 2.43. The minimum Gasteiger partial charge on any atom is -0.366 e. The van der Waals surface area contributed by atoms with Gasteiger partial charge in [0.2, 0.25) is 0 Å². The Hall–Kier alpha value is -1.12. The first kappa shape index (κ1) is 13.3. The lowest BCUT2D eigenvalue weighted by Gasteiger charge is -2.33. The minimum absolute atomic E-state index is 0.142. The lowest BCUT2D eigenvalue weighted by atomic mass is 9.89. The third kappa shape index (κ3) is 2.50. The van der Waals surface area contributed by atoms with Gasteiger partial charge in [-0.2, -0.15) is 5.26 Å². The van der Waals surface area contributed by atoms with Crippen LogP contribution in [0.4, 0.5) is 0 Å². The Morgan fingerprint density at radius 2 is 2.39 bits per heavy atom. The molecule has 100 valence electrons. The van der Waals surface area contributed by atoms with E-state index in [9.17, 15) is 10.1 Å². The Morgan fingerprint density at radius 3 is 2.94 bits per heavy atom. The van der Waals surface area contributed by atoms with Crippen LogP contribution in [-0.4, -0.2) is 49.2 Å². The van der Waals surface area contributed by atoms with Crippen LogP contribution in [0.25, 0.3) is 0 Å². The number of morpholine rings is 1. The van der Waals surface area contributed by atoms with E-state index in [2.05, 4.69) is 16.3 Å². The molecular formula is C13H21N3O2. The molecule has 18 heavy (non-hydrogen) atoms. The molecule has 0 radical (unpaired) electrons. The van der Waals surface area contributed by atoms with Gasteiger partial charge in [0.1, 0.15) is 11.6 Å². The highest BCUT2D eigenvalue weighted by molar-refractivity contribution is 5.82. The van der Waals surface area contributed by atoms with Crippen LogP contribution in [0.1, 0.15) is 26.2 Å². The second-order valence-electron chi connectivity index (χ2n) is 5.49. The predicted molar refractivity (Wildman–Crippen MR) is 66.7 cm³/mol. The van der Waals surface area contributed by atoms with E-state index in [0.29, 0.717) is 13.2 Å². The van der Waals surface area contributed by atoms with Crippen molar-refractivity contribution in [2.45, 2.75) is 37.8 Å². The number of ether oxygens (including phenoxy) is 1. The van der Waals surface area contributed by atoms with E-state index in [1.54, 1.807) is 0 Å². The number of carbonyl (C=O) groups excluding carboxylic acids is 1. The van der Waals surface area contributed by atoms with Crippen LogP contribution in [0.5, 0.6) is 0 Å². The fourth-order valence-corrected chi connectivity index (χ4v) is 2.80. The van der Waals surface area contributed by atoms with Gasteiger partial charge in [-0.15, -0.1) is 0 Å². The third-order valence-corrected chi connectivity index (χ3v) is 4.16. The zero-order valence-electron chi connectivity index (χ0n) is 11.1. The van der Waals surface area contributed by atoms with E-state index in [-0.39, 0.29) is 11.8 Å². The number of likely N-dealkylation sites (N-methyl/N-ethyl adjacent to an activating group) is 1. The van der Waals surface area contributed by atoms with E-state index in [4.69, 9.17) is 4.74 Å². The number of hydrogen-bond acceptors (Lipinski definition) is 4. The van der Waals surface area contributed by atoms with Crippen LogP contribution in [0.2, 0.25) is 0 Å². The van der Waals surface area contributed by atoms with Gasteiger partial charge in [-0.1, -0.05) is 6.92 Å². The van der Waals surface area contributed by atoms with Gasteiger partial charge in [-0.3, -0.25) is 4.79 Å². The summed E-state index contributed by atoms with van der Waals surface area (Å²) in [7, 11) is 1.97. The number of carbonyl (C=O) groups is 1. The molecule has 1 saturated heterocycles. The standard InChI is InChI=1S/C13H21N3O2/c1-10-4-3-5-13(10,9-14)15-12(17)11-8-16(2)6-7-18-11/h10-11H,3-8H2,1-2H3,(H,15,17)/t10-,11-,13+/m1/s1. The fraction of sp³-hybridized carbons (Fsp3) is 0.846. The Balaban J connectivity index is 2.00. The molecule has 0 unspecified atom stereocenters. The van der Waals surface area contributed by atoms with Crippen molar-refractivity contribution in [1.82, 2.24) is 10.2 Å². The minimum atomic E-state index is -0.684. The average Bonchev–Trinajstić information content (AvgIpc) is 2.71. The first-order chi connectivity index (χ1) is 8.57. The number of hydrogen-bond donors (Lipinski definition) is 1. The molecular weight excluding hydrogens is 230 g/mol. The number of nitrogens with one attached hydrogen (secondary N) is 1. The lowest BCUT2D eigenvalue weighted by Crippen LogP contribution is -2.56. The van der Waals surface area contributed by atoms with Crippen molar-refractivity contribution < 1.29 is 9.53 Å². The van der Waals surface area contributed by atoms with Crippen LogP contribution in [0.3, 0.4) is 0 Å². The molecule has 2 fully saturated rings. The second-order valence-corrected chi connectivity index (χ2v) is 5.49. The molecule has 5 nitrogen and oxygen atoms in total. The van der Waals surface area contributed by atoms with E-state index in [1.807, 2.05) is 14.0 Å². The maximum absolute atomic E-state index is 12.2. The summed E-state index contributed by atoms with van der Waals surface area (Å²) in [6.07, 6.45) is 2.31. The van der Waals surface area contributed by atoms with Crippen molar-refractivity contribution in [2.75, 3.05) is 26.7 Å². The molecule has 5 heteroatoms. The SMILES string of the molecule is C[C@@H]1CCC[C@@]1(C#N)NC(=O)[C@H]1CN(C)CCO1. The van der Waals surface area contributed by atoms with Gasteiger partial charge in [0.25, 0.3) is 5.91 Å². The van der Waals surface area contributed by atoms with Gasteiger partial charge < -0.3 is 15.0 Å². The molecule has 3 atom stereocenters. The van der Waals surface area contributed by atoms with Crippen molar-refractivity contribution in [2.24, 2.45) is 5.92 Å². The zero-order valence-corrected chi connectivity index (χ0v) is 11.1. The summed E-state index contributed by atoms with van der Waals surface area (Å²) in [6, 6.07) is 2.31. The summed E-state index contributed by atoms with van der Waals surface area (Å²) in [5, 5.41) is 12.3. The van der Waals surface area contributed by atoms with Crippen molar-refractivity contribution in [3.05, 3.63) is 0 Å². The molecule has 1 aliphatic carbocycles. The van der Waals surface area contributed by atoms with E-state index < -0.39 is 11.6 Å². The van der Waals surface area contributed by atoms with E-state index in [1.165, 1.54) is 0 Å². The summed E-state index contributed by atoms with van der Waals surface area (Å²) in [5.74, 6) is 0.0737. The molecule has 0 bridgehead atoms. The largest absolute Gasteiger partial charge is 0.366 e. The predicted octanol–water partition coefficient (Wildman–Crippen LogP) is 0.516. The van der Waals surface area contributed by atoms with Gasteiger partial charge in [0, 0.05) is 13.1 Å². The Labute approximate surface area is 108 Å².